The van der Waals surface area contributed by atoms with Crippen molar-refractivity contribution >= 4 is 28.3 Å². The molecule has 5 nitrogen and oxygen atoms in total. The van der Waals surface area contributed by atoms with E-state index in [9.17, 15) is 14.7 Å². The summed E-state index contributed by atoms with van der Waals surface area (Å²) in [7, 11) is 0. The lowest BCUT2D eigenvalue weighted by Crippen LogP contribution is -2.41. The number of carbonyl (C=O) groups excluding carboxylic acids is 2. The molecule has 126 valence electrons. The minimum atomic E-state index is -0.722. The summed E-state index contributed by atoms with van der Waals surface area (Å²) in [5.74, 6) is -1.21. The number of amides is 2. The number of nitrogens with one attached hydrogen (secondary N) is 2. The maximum absolute atomic E-state index is 12.1. The van der Waals surface area contributed by atoms with E-state index in [1.807, 2.05) is 36.4 Å². The van der Waals surface area contributed by atoms with Gasteiger partial charge in [-0.1, -0.05) is 49.2 Å². The standard InChI is InChI=1S/C19H22N2O3/c22-17(14-7-1-2-8-14)12-20-18(23)19(24)21-16-11-5-9-13-6-3-4-10-15(13)16/h3-6,9-11,14,17,22H,1-2,7-8,12H2,(H,20,23)(H,21,24). The Morgan fingerprint density at radius 3 is 2.54 bits per heavy atom. The van der Waals surface area contributed by atoms with Crippen LogP contribution < -0.4 is 10.6 Å². The van der Waals surface area contributed by atoms with Crippen molar-refractivity contribution in [3.63, 3.8) is 0 Å². The SMILES string of the molecule is O=C(NCC(O)C1CCCC1)C(=O)Nc1cccc2ccccc12. The molecular formula is C19H22N2O3. The molecule has 5 heteroatoms. The van der Waals surface area contributed by atoms with Crippen molar-refractivity contribution in [1.29, 1.82) is 0 Å². The van der Waals surface area contributed by atoms with E-state index in [1.54, 1.807) is 6.07 Å². The average molecular weight is 326 g/mol. The summed E-state index contributed by atoms with van der Waals surface area (Å²) in [6.45, 7) is 0.118. The van der Waals surface area contributed by atoms with Crippen LogP contribution in [0.15, 0.2) is 42.5 Å². The molecule has 0 heterocycles. The molecule has 0 saturated heterocycles. The molecule has 3 rings (SSSR count). The molecule has 1 aliphatic rings. The van der Waals surface area contributed by atoms with Gasteiger partial charge in [0.1, 0.15) is 0 Å². The highest BCUT2D eigenvalue weighted by Crippen LogP contribution is 2.27. The van der Waals surface area contributed by atoms with Crippen LogP contribution in [0.3, 0.4) is 0 Å². The van der Waals surface area contributed by atoms with Gasteiger partial charge in [0, 0.05) is 17.6 Å². The lowest BCUT2D eigenvalue weighted by atomic mass is 10.0. The predicted octanol–water partition coefficient (Wildman–Crippen LogP) is 2.45. The number of rotatable bonds is 4. The van der Waals surface area contributed by atoms with E-state index in [4.69, 9.17) is 0 Å². The number of aliphatic hydroxyl groups is 1. The Hall–Kier alpha value is -2.40. The van der Waals surface area contributed by atoms with Crippen molar-refractivity contribution in [2.45, 2.75) is 31.8 Å². The van der Waals surface area contributed by atoms with Gasteiger partial charge in [0.2, 0.25) is 0 Å². The van der Waals surface area contributed by atoms with E-state index >= 15 is 0 Å². The first kappa shape index (κ1) is 16.5. The third-order valence-electron chi connectivity index (χ3n) is 4.66. The van der Waals surface area contributed by atoms with Crippen LogP contribution in [0.1, 0.15) is 25.7 Å². The van der Waals surface area contributed by atoms with Gasteiger partial charge in [0.05, 0.1) is 6.10 Å². The van der Waals surface area contributed by atoms with Crippen molar-refractivity contribution in [2.24, 2.45) is 5.92 Å². The van der Waals surface area contributed by atoms with E-state index in [2.05, 4.69) is 10.6 Å². The topological polar surface area (TPSA) is 78.4 Å². The average Bonchev–Trinajstić information content (AvgIpc) is 3.14. The van der Waals surface area contributed by atoms with Crippen LogP contribution in [0.25, 0.3) is 10.8 Å². The highest BCUT2D eigenvalue weighted by molar-refractivity contribution is 6.40. The molecule has 1 saturated carbocycles. The highest BCUT2D eigenvalue weighted by Gasteiger charge is 2.24. The second-order valence-electron chi connectivity index (χ2n) is 6.30. The van der Waals surface area contributed by atoms with Gasteiger partial charge in [0.25, 0.3) is 0 Å². The van der Waals surface area contributed by atoms with Gasteiger partial charge in [-0.3, -0.25) is 9.59 Å². The molecule has 2 amide bonds. The van der Waals surface area contributed by atoms with Crippen LogP contribution >= 0.6 is 0 Å². The number of carbonyl (C=O) groups is 2. The first-order valence-corrected chi connectivity index (χ1v) is 8.40. The zero-order valence-electron chi connectivity index (χ0n) is 13.5. The van der Waals surface area contributed by atoms with Gasteiger partial charge >= 0.3 is 11.8 Å². The van der Waals surface area contributed by atoms with Crippen molar-refractivity contribution in [3.8, 4) is 0 Å². The minimum absolute atomic E-state index is 0.118. The number of hydrogen-bond acceptors (Lipinski definition) is 3. The van der Waals surface area contributed by atoms with Gasteiger partial charge in [-0.25, -0.2) is 0 Å². The normalized spacial score (nSPS) is 16.0. The highest BCUT2D eigenvalue weighted by atomic mass is 16.3. The second kappa shape index (κ2) is 7.45. The smallest absolute Gasteiger partial charge is 0.313 e. The van der Waals surface area contributed by atoms with Crippen LogP contribution in [0.5, 0.6) is 0 Å². The van der Waals surface area contributed by atoms with Gasteiger partial charge in [-0.15, -0.1) is 0 Å². The van der Waals surface area contributed by atoms with Crippen LogP contribution in [0.2, 0.25) is 0 Å². The quantitative estimate of drug-likeness (QED) is 0.755. The Morgan fingerprint density at radius 2 is 1.75 bits per heavy atom. The predicted molar refractivity (Wildman–Crippen MR) is 93.6 cm³/mol. The first-order valence-electron chi connectivity index (χ1n) is 8.40. The molecule has 2 aromatic carbocycles. The van der Waals surface area contributed by atoms with Gasteiger partial charge in [0.15, 0.2) is 0 Å². The molecule has 24 heavy (non-hydrogen) atoms. The molecule has 1 unspecified atom stereocenters. The van der Waals surface area contributed by atoms with Crippen LogP contribution in [-0.2, 0) is 9.59 Å². The molecule has 2 aromatic rings. The zero-order valence-corrected chi connectivity index (χ0v) is 13.5. The largest absolute Gasteiger partial charge is 0.391 e. The molecule has 3 N–H and O–H groups in total. The van der Waals surface area contributed by atoms with Crippen molar-refractivity contribution in [2.75, 3.05) is 11.9 Å². The van der Waals surface area contributed by atoms with Gasteiger partial charge in [-0.05, 0) is 30.2 Å². The summed E-state index contributed by atoms with van der Waals surface area (Å²) in [5.41, 5.74) is 0.601. The summed E-state index contributed by atoms with van der Waals surface area (Å²) in [6.07, 6.45) is 3.63. The van der Waals surface area contributed by atoms with E-state index in [0.717, 1.165) is 36.5 Å². The van der Waals surface area contributed by atoms with Gasteiger partial charge in [-0.2, -0.15) is 0 Å². The number of fused-ring (bicyclic) bond motifs is 1. The van der Waals surface area contributed by atoms with Crippen LogP contribution in [0, 0.1) is 5.92 Å². The van der Waals surface area contributed by atoms with E-state index in [0.29, 0.717) is 5.69 Å². The molecule has 1 aliphatic carbocycles. The van der Waals surface area contributed by atoms with E-state index in [1.165, 1.54) is 0 Å². The Kier molecular flexibility index (Phi) is 5.11. The lowest BCUT2D eigenvalue weighted by molar-refractivity contribution is -0.136. The Bertz CT molecular complexity index is 733. The molecule has 0 aliphatic heterocycles. The fraction of sp³-hybridized carbons (Fsp3) is 0.368. The first-order chi connectivity index (χ1) is 11.6. The number of hydrogen-bond donors (Lipinski definition) is 3. The number of benzene rings is 2. The molecule has 0 radical (unpaired) electrons. The number of anilines is 1. The maximum atomic E-state index is 12.1. The minimum Gasteiger partial charge on any atom is -0.391 e. The van der Waals surface area contributed by atoms with Crippen molar-refractivity contribution < 1.29 is 14.7 Å². The zero-order chi connectivity index (χ0) is 16.9. The number of aliphatic hydroxyl groups excluding tert-OH is 1. The monoisotopic (exact) mass is 326 g/mol. The van der Waals surface area contributed by atoms with Crippen molar-refractivity contribution in [1.82, 2.24) is 5.32 Å². The molecule has 0 spiro atoms. The summed E-state index contributed by atoms with van der Waals surface area (Å²) in [6, 6.07) is 13.2. The van der Waals surface area contributed by atoms with Crippen LogP contribution in [0.4, 0.5) is 5.69 Å². The Morgan fingerprint density at radius 1 is 1.04 bits per heavy atom. The fourth-order valence-corrected chi connectivity index (χ4v) is 3.30. The molecular weight excluding hydrogens is 304 g/mol. The molecule has 0 bridgehead atoms. The van der Waals surface area contributed by atoms with Crippen molar-refractivity contribution in [3.05, 3.63) is 42.5 Å². The summed E-state index contributed by atoms with van der Waals surface area (Å²) >= 11 is 0. The second-order valence-corrected chi connectivity index (χ2v) is 6.30. The Balaban J connectivity index is 1.58. The third kappa shape index (κ3) is 3.74. The lowest BCUT2D eigenvalue weighted by Gasteiger charge is -2.17. The summed E-state index contributed by atoms with van der Waals surface area (Å²) in [4.78, 5) is 24.1. The third-order valence-corrected chi connectivity index (χ3v) is 4.66. The summed E-state index contributed by atoms with van der Waals surface area (Å²) in [5, 5.41) is 17.1. The Labute approximate surface area is 141 Å². The summed E-state index contributed by atoms with van der Waals surface area (Å²) < 4.78 is 0. The van der Waals surface area contributed by atoms with E-state index in [-0.39, 0.29) is 12.5 Å². The molecule has 0 aromatic heterocycles. The van der Waals surface area contributed by atoms with Gasteiger partial charge < -0.3 is 15.7 Å². The van der Waals surface area contributed by atoms with E-state index < -0.39 is 17.9 Å². The van der Waals surface area contributed by atoms with Crippen LogP contribution in [-0.4, -0.2) is 29.6 Å². The maximum Gasteiger partial charge on any atom is 0.313 e. The molecule has 1 fully saturated rings. The fourth-order valence-electron chi connectivity index (χ4n) is 3.30. The molecule has 1 atom stereocenters.